The number of rotatable bonds is 4. The van der Waals surface area contributed by atoms with Crippen molar-refractivity contribution in [1.29, 1.82) is 0 Å². The molecule has 5 heteroatoms. The highest BCUT2D eigenvalue weighted by Crippen LogP contribution is 2.12. The van der Waals surface area contributed by atoms with Crippen molar-refractivity contribution in [3.63, 3.8) is 0 Å². The maximum atomic E-state index is 12.1. The predicted octanol–water partition coefficient (Wildman–Crippen LogP) is 3.31. The van der Waals surface area contributed by atoms with Crippen molar-refractivity contribution in [3.05, 3.63) is 50.9 Å². The standard InChI is InChI=1S/C14H15ClN2OS/c1-10-16-13(9-19-10)8-17(2)14(18)7-11-3-5-12(15)6-4-11/h3-6,9H,7-8H2,1-2H3. The monoisotopic (exact) mass is 294 g/mol. The second-order valence-corrected chi connectivity index (χ2v) is 5.91. The molecule has 100 valence electrons. The second-order valence-electron chi connectivity index (χ2n) is 4.41. The Bertz CT molecular complexity index is 565. The van der Waals surface area contributed by atoms with Gasteiger partial charge in [-0.1, -0.05) is 23.7 Å². The number of hydrogen-bond acceptors (Lipinski definition) is 3. The number of likely N-dealkylation sites (N-methyl/N-ethyl adjacent to an activating group) is 1. The van der Waals surface area contributed by atoms with E-state index in [1.54, 1.807) is 35.4 Å². The summed E-state index contributed by atoms with van der Waals surface area (Å²) < 4.78 is 0. The Morgan fingerprint density at radius 1 is 1.37 bits per heavy atom. The number of halogens is 1. The van der Waals surface area contributed by atoms with Crippen molar-refractivity contribution < 1.29 is 4.79 Å². The number of nitrogens with zero attached hydrogens (tertiary/aromatic N) is 2. The lowest BCUT2D eigenvalue weighted by Crippen LogP contribution is -2.27. The van der Waals surface area contributed by atoms with Gasteiger partial charge in [0.25, 0.3) is 0 Å². The summed E-state index contributed by atoms with van der Waals surface area (Å²) in [4.78, 5) is 18.1. The van der Waals surface area contributed by atoms with Crippen molar-refractivity contribution in [3.8, 4) is 0 Å². The van der Waals surface area contributed by atoms with E-state index in [-0.39, 0.29) is 5.91 Å². The van der Waals surface area contributed by atoms with E-state index in [9.17, 15) is 4.79 Å². The largest absolute Gasteiger partial charge is 0.340 e. The summed E-state index contributed by atoms with van der Waals surface area (Å²) in [5, 5.41) is 3.69. The van der Waals surface area contributed by atoms with Gasteiger partial charge >= 0.3 is 0 Å². The minimum Gasteiger partial charge on any atom is -0.340 e. The Morgan fingerprint density at radius 2 is 2.05 bits per heavy atom. The van der Waals surface area contributed by atoms with Gasteiger partial charge in [-0.3, -0.25) is 4.79 Å². The van der Waals surface area contributed by atoms with Gasteiger partial charge in [-0.25, -0.2) is 4.98 Å². The first-order valence-corrected chi connectivity index (χ1v) is 7.20. The van der Waals surface area contributed by atoms with Crippen LogP contribution in [-0.4, -0.2) is 22.8 Å². The van der Waals surface area contributed by atoms with Gasteiger partial charge in [0.2, 0.25) is 5.91 Å². The molecule has 0 aliphatic heterocycles. The average molecular weight is 295 g/mol. The summed E-state index contributed by atoms with van der Waals surface area (Å²) in [7, 11) is 1.80. The lowest BCUT2D eigenvalue weighted by atomic mass is 10.1. The molecule has 1 aromatic heterocycles. The van der Waals surface area contributed by atoms with Crippen LogP contribution in [0.15, 0.2) is 29.6 Å². The number of aromatic nitrogens is 1. The zero-order valence-corrected chi connectivity index (χ0v) is 12.5. The van der Waals surface area contributed by atoms with Gasteiger partial charge in [0.1, 0.15) is 0 Å². The number of hydrogen-bond donors (Lipinski definition) is 0. The van der Waals surface area contributed by atoms with E-state index in [1.165, 1.54) is 0 Å². The van der Waals surface area contributed by atoms with Crippen LogP contribution in [-0.2, 0) is 17.8 Å². The van der Waals surface area contributed by atoms with Crippen molar-refractivity contribution in [2.24, 2.45) is 0 Å². The SMILES string of the molecule is Cc1nc(CN(C)C(=O)Cc2ccc(Cl)cc2)cs1. The zero-order valence-electron chi connectivity index (χ0n) is 10.9. The third kappa shape index (κ3) is 4.04. The summed E-state index contributed by atoms with van der Waals surface area (Å²) in [6.07, 6.45) is 0.386. The van der Waals surface area contributed by atoms with Crippen LogP contribution in [0.2, 0.25) is 5.02 Å². The Labute approximate surface area is 121 Å². The van der Waals surface area contributed by atoms with Crippen molar-refractivity contribution in [1.82, 2.24) is 9.88 Å². The molecular formula is C14H15ClN2OS. The summed E-state index contributed by atoms with van der Waals surface area (Å²) >= 11 is 7.42. The Hall–Kier alpha value is -1.39. The minimum absolute atomic E-state index is 0.0768. The van der Waals surface area contributed by atoms with Gasteiger partial charge in [0.05, 0.1) is 23.7 Å². The van der Waals surface area contributed by atoms with Crippen LogP contribution in [0, 0.1) is 6.92 Å². The second kappa shape index (κ2) is 6.17. The number of amides is 1. The van der Waals surface area contributed by atoms with Crippen LogP contribution in [0.25, 0.3) is 0 Å². The van der Waals surface area contributed by atoms with Crippen LogP contribution in [0.3, 0.4) is 0 Å². The summed E-state index contributed by atoms with van der Waals surface area (Å²) in [6, 6.07) is 7.35. The predicted molar refractivity (Wildman–Crippen MR) is 78.5 cm³/mol. The molecule has 2 aromatic rings. The first-order valence-electron chi connectivity index (χ1n) is 5.94. The molecule has 1 heterocycles. The fourth-order valence-corrected chi connectivity index (χ4v) is 2.45. The fourth-order valence-electron chi connectivity index (χ4n) is 1.72. The molecule has 0 atom stereocenters. The topological polar surface area (TPSA) is 33.2 Å². The van der Waals surface area contributed by atoms with E-state index in [0.29, 0.717) is 18.0 Å². The first kappa shape index (κ1) is 14.0. The molecular weight excluding hydrogens is 280 g/mol. The number of aryl methyl sites for hydroxylation is 1. The van der Waals surface area contributed by atoms with E-state index in [2.05, 4.69) is 4.98 Å². The summed E-state index contributed by atoms with van der Waals surface area (Å²) in [6.45, 7) is 2.51. The van der Waals surface area contributed by atoms with E-state index < -0.39 is 0 Å². The highest BCUT2D eigenvalue weighted by molar-refractivity contribution is 7.09. The summed E-state index contributed by atoms with van der Waals surface area (Å²) in [5.74, 6) is 0.0768. The molecule has 3 nitrogen and oxygen atoms in total. The van der Waals surface area contributed by atoms with Gasteiger partial charge in [0.15, 0.2) is 0 Å². The maximum absolute atomic E-state index is 12.1. The Morgan fingerprint density at radius 3 is 2.63 bits per heavy atom. The lowest BCUT2D eigenvalue weighted by molar-refractivity contribution is -0.129. The molecule has 0 aliphatic carbocycles. The quantitative estimate of drug-likeness (QED) is 0.867. The molecule has 0 bridgehead atoms. The number of benzene rings is 1. The smallest absolute Gasteiger partial charge is 0.227 e. The highest BCUT2D eigenvalue weighted by atomic mass is 35.5. The minimum atomic E-state index is 0.0768. The van der Waals surface area contributed by atoms with Crippen molar-refractivity contribution >= 4 is 28.8 Å². The molecule has 0 fully saturated rings. The van der Waals surface area contributed by atoms with E-state index in [0.717, 1.165) is 16.3 Å². The molecule has 0 N–H and O–H groups in total. The molecule has 0 saturated carbocycles. The molecule has 0 spiro atoms. The van der Waals surface area contributed by atoms with Crippen LogP contribution in [0.5, 0.6) is 0 Å². The van der Waals surface area contributed by atoms with Gasteiger partial charge in [0, 0.05) is 17.5 Å². The van der Waals surface area contributed by atoms with Crippen LogP contribution >= 0.6 is 22.9 Å². The highest BCUT2D eigenvalue weighted by Gasteiger charge is 2.11. The lowest BCUT2D eigenvalue weighted by Gasteiger charge is -2.15. The van der Waals surface area contributed by atoms with E-state index in [1.807, 2.05) is 24.4 Å². The van der Waals surface area contributed by atoms with Crippen LogP contribution in [0.1, 0.15) is 16.3 Å². The molecule has 2 rings (SSSR count). The van der Waals surface area contributed by atoms with Crippen molar-refractivity contribution in [2.45, 2.75) is 19.9 Å². The Balaban J connectivity index is 1.94. The third-order valence-electron chi connectivity index (χ3n) is 2.76. The van der Waals surface area contributed by atoms with E-state index >= 15 is 0 Å². The molecule has 1 aromatic carbocycles. The number of thiazole rings is 1. The average Bonchev–Trinajstić information content (AvgIpc) is 2.77. The summed E-state index contributed by atoms with van der Waals surface area (Å²) in [5.41, 5.74) is 1.91. The maximum Gasteiger partial charge on any atom is 0.227 e. The van der Waals surface area contributed by atoms with Gasteiger partial charge in [-0.2, -0.15) is 0 Å². The van der Waals surface area contributed by atoms with Gasteiger partial charge in [-0.15, -0.1) is 11.3 Å². The molecule has 0 aliphatic rings. The molecule has 1 amide bonds. The number of carbonyl (C=O) groups excluding carboxylic acids is 1. The first-order chi connectivity index (χ1) is 9.04. The van der Waals surface area contributed by atoms with Crippen LogP contribution in [0.4, 0.5) is 0 Å². The molecule has 0 unspecified atom stereocenters. The molecule has 19 heavy (non-hydrogen) atoms. The zero-order chi connectivity index (χ0) is 13.8. The van der Waals surface area contributed by atoms with Gasteiger partial charge in [-0.05, 0) is 24.6 Å². The fraction of sp³-hybridized carbons (Fsp3) is 0.286. The Kier molecular flexibility index (Phi) is 4.56. The normalized spacial score (nSPS) is 10.5. The third-order valence-corrected chi connectivity index (χ3v) is 3.83. The van der Waals surface area contributed by atoms with Crippen LogP contribution < -0.4 is 0 Å². The molecule has 0 radical (unpaired) electrons. The number of carbonyl (C=O) groups is 1. The molecule has 0 saturated heterocycles. The van der Waals surface area contributed by atoms with Gasteiger partial charge < -0.3 is 4.90 Å². The van der Waals surface area contributed by atoms with Crippen molar-refractivity contribution in [2.75, 3.05) is 7.05 Å². The van der Waals surface area contributed by atoms with E-state index in [4.69, 9.17) is 11.6 Å².